The Hall–Kier alpha value is -3.32. The van der Waals surface area contributed by atoms with Crippen molar-refractivity contribution in [3.05, 3.63) is 76.0 Å². The van der Waals surface area contributed by atoms with Crippen LogP contribution in [0.3, 0.4) is 0 Å². The minimum atomic E-state index is -0.350. The van der Waals surface area contributed by atoms with Crippen molar-refractivity contribution in [2.75, 3.05) is 19.5 Å². The largest absolute Gasteiger partial charge is 0.493 e. The van der Waals surface area contributed by atoms with Gasteiger partial charge in [0.15, 0.2) is 11.5 Å². The van der Waals surface area contributed by atoms with Crippen molar-refractivity contribution >= 4 is 28.8 Å². The molecule has 2 amide bonds. The Kier molecular flexibility index (Phi) is 6.29. The molecule has 3 rings (SSSR count). The van der Waals surface area contributed by atoms with Gasteiger partial charge in [0.05, 0.1) is 25.6 Å². The number of carbonyl (C=O) groups is 2. The van der Waals surface area contributed by atoms with Gasteiger partial charge in [-0.1, -0.05) is 30.3 Å². The minimum Gasteiger partial charge on any atom is -0.493 e. The normalized spacial score (nSPS) is 10.2. The van der Waals surface area contributed by atoms with Gasteiger partial charge in [0.2, 0.25) is 5.78 Å². The molecular formula is C21H20N2O4S. The molecule has 28 heavy (non-hydrogen) atoms. The molecule has 0 unspecified atom stereocenters. The predicted molar refractivity (Wildman–Crippen MR) is 110 cm³/mol. The Balaban J connectivity index is 1.57. The van der Waals surface area contributed by atoms with E-state index >= 15 is 0 Å². The molecule has 0 fully saturated rings. The van der Waals surface area contributed by atoms with E-state index in [0.29, 0.717) is 34.2 Å². The molecule has 7 heteroatoms. The Morgan fingerprint density at radius 3 is 2.39 bits per heavy atom. The molecule has 2 aromatic carbocycles. The first-order chi connectivity index (χ1) is 13.6. The number of hydrogen-bond donors (Lipinski definition) is 2. The highest BCUT2D eigenvalue weighted by Gasteiger charge is 2.12. The summed E-state index contributed by atoms with van der Waals surface area (Å²) in [6.45, 7) is 0.325. The zero-order chi connectivity index (χ0) is 19.9. The molecular weight excluding hydrogens is 376 g/mol. The maximum Gasteiger partial charge on any atom is 0.319 e. The van der Waals surface area contributed by atoms with Crippen LogP contribution in [0.25, 0.3) is 0 Å². The number of amides is 2. The number of ether oxygens (including phenoxy) is 2. The number of methoxy groups -OCH3 is 2. The molecule has 0 aliphatic heterocycles. The summed E-state index contributed by atoms with van der Waals surface area (Å²) in [4.78, 5) is 26.1. The van der Waals surface area contributed by atoms with Crippen LogP contribution in [0.1, 0.15) is 20.1 Å². The van der Waals surface area contributed by atoms with Crippen molar-refractivity contribution in [3.8, 4) is 11.5 Å². The second kappa shape index (κ2) is 9.05. The maximum atomic E-state index is 12.4. The van der Waals surface area contributed by atoms with E-state index in [1.165, 1.54) is 18.4 Å². The lowest BCUT2D eigenvalue weighted by molar-refractivity contribution is 0.104. The molecule has 0 bridgehead atoms. The zero-order valence-corrected chi connectivity index (χ0v) is 16.3. The van der Waals surface area contributed by atoms with Crippen LogP contribution in [-0.4, -0.2) is 26.0 Å². The van der Waals surface area contributed by atoms with Gasteiger partial charge in [0.25, 0.3) is 0 Å². The molecule has 0 spiro atoms. The zero-order valence-electron chi connectivity index (χ0n) is 15.5. The van der Waals surface area contributed by atoms with Crippen LogP contribution < -0.4 is 20.1 Å². The van der Waals surface area contributed by atoms with E-state index in [1.54, 1.807) is 43.5 Å². The number of nitrogens with one attached hydrogen (secondary N) is 2. The second-order valence-electron chi connectivity index (χ2n) is 5.84. The molecule has 3 aromatic rings. The van der Waals surface area contributed by atoms with E-state index in [4.69, 9.17) is 9.47 Å². The first-order valence-electron chi connectivity index (χ1n) is 8.56. The van der Waals surface area contributed by atoms with Gasteiger partial charge in [-0.3, -0.25) is 4.79 Å². The molecule has 0 aliphatic carbocycles. The van der Waals surface area contributed by atoms with Crippen LogP contribution in [0, 0.1) is 0 Å². The van der Waals surface area contributed by atoms with Gasteiger partial charge in [-0.05, 0) is 24.3 Å². The van der Waals surface area contributed by atoms with Gasteiger partial charge in [-0.2, -0.15) is 0 Å². The highest BCUT2D eigenvalue weighted by molar-refractivity contribution is 7.14. The van der Waals surface area contributed by atoms with Gasteiger partial charge >= 0.3 is 6.03 Å². The highest BCUT2D eigenvalue weighted by Crippen LogP contribution is 2.29. The molecule has 2 N–H and O–H groups in total. The molecule has 0 saturated heterocycles. The molecule has 0 aliphatic rings. The number of anilines is 1. The van der Waals surface area contributed by atoms with E-state index in [2.05, 4.69) is 10.6 Å². The second-order valence-corrected chi connectivity index (χ2v) is 7.01. The van der Waals surface area contributed by atoms with Gasteiger partial charge < -0.3 is 20.1 Å². The number of urea groups is 1. The van der Waals surface area contributed by atoms with Crippen LogP contribution in [0.5, 0.6) is 11.5 Å². The number of hydrogen-bond acceptors (Lipinski definition) is 5. The summed E-state index contributed by atoms with van der Waals surface area (Å²) >= 11 is 1.37. The lowest BCUT2D eigenvalue weighted by Gasteiger charge is -2.11. The number of carbonyl (C=O) groups excluding carboxylic acids is 2. The van der Waals surface area contributed by atoms with Crippen LogP contribution in [-0.2, 0) is 6.54 Å². The first kappa shape index (κ1) is 19.4. The van der Waals surface area contributed by atoms with Gasteiger partial charge in [0, 0.05) is 22.2 Å². The average Bonchev–Trinajstić information content (AvgIpc) is 3.21. The summed E-state index contributed by atoms with van der Waals surface area (Å²) in [7, 11) is 3.09. The molecule has 0 radical (unpaired) electrons. The number of benzene rings is 2. The topological polar surface area (TPSA) is 76.7 Å². The van der Waals surface area contributed by atoms with Crippen molar-refractivity contribution in [2.45, 2.75) is 6.54 Å². The minimum absolute atomic E-state index is 0.0216. The van der Waals surface area contributed by atoms with Gasteiger partial charge in [-0.15, -0.1) is 11.3 Å². The lowest BCUT2D eigenvalue weighted by Crippen LogP contribution is -2.27. The molecule has 0 saturated carbocycles. The summed E-state index contributed by atoms with van der Waals surface area (Å²) in [5.41, 5.74) is 1.23. The SMILES string of the molecule is COc1ccc(NC(=O)NCc2ccc(C(=O)c3ccccc3)s2)cc1OC. The average molecular weight is 396 g/mol. The Morgan fingerprint density at radius 2 is 1.68 bits per heavy atom. The van der Waals surface area contributed by atoms with Gasteiger partial charge in [-0.25, -0.2) is 4.79 Å². The van der Waals surface area contributed by atoms with Crippen LogP contribution in [0.15, 0.2) is 60.7 Å². The standard InChI is InChI=1S/C21H20N2O4S/c1-26-17-10-8-15(12-18(17)27-2)23-21(25)22-13-16-9-11-19(28-16)20(24)14-6-4-3-5-7-14/h3-12H,13H2,1-2H3,(H2,22,23,25). The van der Waals surface area contributed by atoms with Crippen molar-refractivity contribution in [3.63, 3.8) is 0 Å². The summed E-state index contributed by atoms with van der Waals surface area (Å²) in [5.74, 6) is 1.09. The predicted octanol–water partition coefficient (Wildman–Crippen LogP) is 4.32. The monoisotopic (exact) mass is 396 g/mol. The number of thiophene rings is 1. The maximum absolute atomic E-state index is 12.4. The van der Waals surface area contributed by atoms with Crippen molar-refractivity contribution in [1.29, 1.82) is 0 Å². The van der Waals surface area contributed by atoms with E-state index in [1.807, 2.05) is 24.3 Å². The van der Waals surface area contributed by atoms with E-state index in [9.17, 15) is 9.59 Å². The van der Waals surface area contributed by atoms with E-state index in [0.717, 1.165) is 4.88 Å². The summed E-state index contributed by atoms with van der Waals surface area (Å²) < 4.78 is 10.4. The van der Waals surface area contributed by atoms with Crippen LogP contribution in [0.2, 0.25) is 0 Å². The lowest BCUT2D eigenvalue weighted by atomic mass is 10.1. The quantitative estimate of drug-likeness (QED) is 0.583. The Labute approximate surface area is 167 Å². The summed E-state index contributed by atoms with van der Waals surface area (Å²) in [6.07, 6.45) is 0. The third kappa shape index (κ3) is 4.69. The van der Waals surface area contributed by atoms with Crippen molar-refractivity contribution < 1.29 is 19.1 Å². The number of rotatable bonds is 7. The third-order valence-electron chi connectivity index (χ3n) is 3.99. The molecule has 6 nitrogen and oxygen atoms in total. The first-order valence-corrected chi connectivity index (χ1v) is 9.37. The van der Waals surface area contributed by atoms with E-state index in [-0.39, 0.29) is 11.8 Å². The highest BCUT2D eigenvalue weighted by atomic mass is 32.1. The Morgan fingerprint density at radius 1 is 0.929 bits per heavy atom. The molecule has 1 heterocycles. The van der Waals surface area contributed by atoms with E-state index < -0.39 is 0 Å². The summed E-state index contributed by atoms with van der Waals surface area (Å²) in [5, 5.41) is 5.53. The van der Waals surface area contributed by atoms with Crippen molar-refractivity contribution in [1.82, 2.24) is 5.32 Å². The summed E-state index contributed by atoms with van der Waals surface area (Å²) in [6, 6.07) is 17.5. The Bertz CT molecular complexity index is 970. The number of ketones is 1. The molecule has 1 aromatic heterocycles. The van der Waals surface area contributed by atoms with Crippen LogP contribution in [0.4, 0.5) is 10.5 Å². The van der Waals surface area contributed by atoms with Gasteiger partial charge in [0.1, 0.15) is 0 Å². The fourth-order valence-electron chi connectivity index (χ4n) is 2.58. The molecule has 0 atom stereocenters. The fraction of sp³-hybridized carbons (Fsp3) is 0.143. The smallest absolute Gasteiger partial charge is 0.319 e. The van der Waals surface area contributed by atoms with Crippen LogP contribution >= 0.6 is 11.3 Å². The third-order valence-corrected chi connectivity index (χ3v) is 5.07. The molecule has 144 valence electrons. The van der Waals surface area contributed by atoms with Crippen molar-refractivity contribution in [2.24, 2.45) is 0 Å². The fourth-order valence-corrected chi connectivity index (χ4v) is 3.49.